The van der Waals surface area contributed by atoms with Crippen LogP contribution in [0.2, 0.25) is 0 Å². The van der Waals surface area contributed by atoms with E-state index in [9.17, 15) is 4.79 Å². The molecule has 0 atom stereocenters. The van der Waals surface area contributed by atoms with Crippen LogP contribution in [0.25, 0.3) is 17.1 Å². The van der Waals surface area contributed by atoms with Gasteiger partial charge in [0.2, 0.25) is 5.91 Å². The fourth-order valence-electron chi connectivity index (χ4n) is 2.55. The summed E-state index contributed by atoms with van der Waals surface area (Å²) in [4.78, 5) is 13.6. The minimum Gasteiger partial charge on any atom is -0.497 e. The predicted octanol–water partition coefficient (Wildman–Crippen LogP) is 3.43. The van der Waals surface area contributed by atoms with Crippen molar-refractivity contribution in [2.75, 3.05) is 27.0 Å². The van der Waals surface area contributed by atoms with Crippen LogP contribution in [-0.4, -0.2) is 52.5 Å². The molecule has 0 aliphatic rings. The molecule has 0 aliphatic carbocycles. The van der Waals surface area contributed by atoms with Gasteiger partial charge < -0.3 is 9.64 Å². The highest BCUT2D eigenvalue weighted by Gasteiger charge is 2.18. The summed E-state index contributed by atoms with van der Waals surface area (Å²) < 4.78 is 7.23. The molecule has 1 amide bonds. The maximum Gasteiger partial charge on any atom is 0.232 e. The second kappa shape index (κ2) is 8.26. The quantitative estimate of drug-likeness (QED) is 0.611. The minimum absolute atomic E-state index is 0.0291. The molecular formula is C20H22N4O2S. The Morgan fingerprint density at radius 3 is 2.52 bits per heavy atom. The van der Waals surface area contributed by atoms with E-state index < -0.39 is 0 Å². The first kappa shape index (κ1) is 19.0. The van der Waals surface area contributed by atoms with Crippen LogP contribution < -0.4 is 4.74 Å². The van der Waals surface area contributed by atoms with Crippen molar-refractivity contribution in [2.24, 2.45) is 0 Å². The van der Waals surface area contributed by atoms with E-state index in [2.05, 4.69) is 16.3 Å². The Bertz CT molecular complexity index is 935. The van der Waals surface area contributed by atoms with Crippen LogP contribution >= 0.6 is 11.8 Å². The molecule has 0 radical (unpaired) electrons. The first-order valence-corrected chi connectivity index (χ1v) is 9.48. The summed E-state index contributed by atoms with van der Waals surface area (Å²) in [7, 11) is 5.13. The number of benzene rings is 2. The number of thioether (sulfide) groups is 1. The lowest BCUT2D eigenvalue weighted by Crippen LogP contribution is -2.23. The third kappa shape index (κ3) is 4.31. The molecule has 0 fully saturated rings. The van der Waals surface area contributed by atoms with Crippen molar-refractivity contribution in [1.82, 2.24) is 19.7 Å². The zero-order valence-corrected chi connectivity index (χ0v) is 16.7. The first-order valence-electron chi connectivity index (χ1n) is 8.49. The van der Waals surface area contributed by atoms with E-state index >= 15 is 0 Å². The van der Waals surface area contributed by atoms with Gasteiger partial charge in [0, 0.05) is 25.3 Å². The lowest BCUT2D eigenvalue weighted by Gasteiger charge is -2.12. The molecule has 1 heterocycles. The molecule has 3 rings (SSSR count). The van der Waals surface area contributed by atoms with Crippen LogP contribution in [0.5, 0.6) is 5.75 Å². The number of carbonyl (C=O) groups excluding carboxylic acids is 1. The van der Waals surface area contributed by atoms with Gasteiger partial charge in [-0.15, -0.1) is 10.2 Å². The van der Waals surface area contributed by atoms with E-state index in [1.165, 1.54) is 11.8 Å². The molecular weight excluding hydrogens is 360 g/mol. The zero-order valence-electron chi connectivity index (χ0n) is 15.8. The number of methoxy groups -OCH3 is 1. The van der Waals surface area contributed by atoms with E-state index in [-0.39, 0.29) is 5.91 Å². The number of hydrogen-bond acceptors (Lipinski definition) is 5. The second-order valence-corrected chi connectivity index (χ2v) is 7.23. The number of hydrogen-bond donors (Lipinski definition) is 0. The third-order valence-corrected chi connectivity index (χ3v) is 4.98. The Morgan fingerprint density at radius 2 is 1.89 bits per heavy atom. The number of rotatable bonds is 6. The van der Waals surface area contributed by atoms with Crippen LogP contribution in [0.1, 0.15) is 5.56 Å². The normalized spacial score (nSPS) is 10.7. The summed E-state index contributed by atoms with van der Waals surface area (Å²) in [6, 6.07) is 15.8. The number of aromatic nitrogens is 3. The SMILES string of the molecule is COc1ccc(-n2c(SCC(=O)N(C)C)nnc2-c2cccc(C)c2)cc1. The summed E-state index contributed by atoms with van der Waals surface area (Å²) in [5.74, 6) is 1.85. The van der Waals surface area contributed by atoms with Gasteiger partial charge in [-0.3, -0.25) is 9.36 Å². The summed E-state index contributed by atoms with van der Waals surface area (Å²) >= 11 is 1.37. The lowest BCUT2D eigenvalue weighted by atomic mass is 10.1. The highest BCUT2D eigenvalue weighted by molar-refractivity contribution is 7.99. The van der Waals surface area contributed by atoms with Crippen molar-refractivity contribution in [3.63, 3.8) is 0 Å². The topological polar surface area (TPSA) is 60.2 Å². The van der Waals surface area contributed by atoms with Crippen LogP contribution in [-0.2, 0) is 4.79 Å². The number of ether oxygens (including phenoxy) is 1. The molecule has 0 bridgehead atoms. The molecule has 1 aromatic heterocycles. The molecule has 6 nitrogen and oxygen atoms in total. The molecule has 2 aromatic carbocycles. The van der Waals surface area contributed by atoms with Crippen molar-refractivity contribution >= 4 is 17.7 Å². The van der Waals surface area contributed by atoms with Crippen LogP contribution in [0.3, 0.4) is 0 Å². The Hall–Kier alpha value is -2.80. The van der Waals surface area contributed by atoms with Gasteiger partial charge in [-0.25, -0.2) is 0 Å². The average Bonchev–Trinajstić information content (AvgIpc) is 3.10. The van der Waals surface area contributed by atoms with Gasteiger partial charge >= 0.3 is 0 Å². The maximum absolute atomic E-state index is 12.0. The minimum atomic E-state index is 0.0291. The monoisotopic (exact) mass is 382 g/mol. The second-order valence-electron chi connectivity index (χ2n) is 6.29. The number of amides is 1. The Labute approximate surface area is 163 Å². The highest BCUT2D eigenvalue weighted by atomic mass is 32.2. The van der Waals surface area contributed by atoms with E-state index in [0.717, 1.165) is 28.4 Å². The summed E-state index contributed by atoms with van der Waals surface area (Å²) in [5, 5.41) is 9.42. The smallest absolute Gasteiger partial charge is 0.232 e. The van der Waals surface area contributed by atoms with E-state index in [4.69, 9.17) is 4.74 Å². The Morgan fingerprint density at radius 1 is 1.15 bits per heavy atom. The molecule has 3 aromatic rings. The largest absolute Gasteiger partial charge is 0.497 e. The lowest BCUT2D eigenvalue weighted by molar-refractivity contribution is -0.125. The van der Waals surface area contributed by atoms with Crippen LogP contribution in [0.4, 0.5) is 0 Å². The van der Waals surface area contributed by atoms with Gasteiger partial charge in [-0.05, 0) is 37.3 Å². The fourth-order valence-corrected chi connectivity index (χ4v) is 3.48. The molecule has 0 spiro atoms. The Balaban J connectivity index is 2.04. The molecule has 0 unspecified atom stereocenters. The molecule has 0 saturated carbocycles. The molecule has 140 valence electrons. The molecule has 27 heavy (non-hydrogen) atoms. The van der Waals surface area contributed by atoms with E-state index in [0.29, 0.717) is 10.9 Å². The standard InChI is InChI=1S/C20H22N4O2S/c1-14-6-5-7-15(12-14)19-21-22-20(27-13-18(25)23(2)3)24(19)16-8-10-17(26-4)11-9-16/h5-12H,13H2,1-4H3. The van der Waals surface area contributed by atoms with Gasteiger partial charge in [0.25, 0.3) is 0 Å². The summed E-state index contributed by atoms with van der Waals surface area (Å²) in [5.41, 5.74) is 3.04. The van der Waals surface area contributed by atoms with Crippen LogP contribution in [0, 0.1) is 6.92 Å². The third-order valence-electron chi connectivity index (χ3n) is 4.06. The zero-order chi connectivity index (χ0) is 19.4. The van der Waals surface area contributed by atoms with E-state index in [1.54, 1.807) is 26.1 Å². The van der Waals surface area contributed by atoms with Gasteiger partial charge in [-0.2, -0.15) is 0 Å². The van der Waals surface area contributed by atoms with Gasteiger partial charge in [0.1, 0.15) is 5.75 Å². The summed E-state index contributed by atoms with van der Waals surface area (Å²) in [6.45, 7) is 2.04. The molecule has 0 N–H and O–H groups in total. The van der Waals surface area contributed by atoms with Crippen molar-refractivity contribution < 1.29 is 9.53 Å². The van der Waals surface area contributed by atoms with Gasteiger partial charge in [-0.1, -0.05) is 35.5 Å². The number of carbonyl (C=O) groups is 1. The van der Waals surface area contributed by atoms with Crippen molar-refractivity contribution in [1.29, 1.82) is 0 Å². The van der Waals surface area contributed by atoms with Crippen molar-refractivity contribution in [2.45, 2.75) is 12.1 Å². The van der Waals surface area contributed by atoms with Crippen LogP contribution in [0.15, 0.2) is 53.7 Å². The molecule has 7 heteroatoms. The summed E-state index contributed by atoms with van der Waals surface area (Å²) in [6.07, 6.45) is 0. The Kier molecular flexibility index (Phi) is 5.81. The van der Waals surface area contributed by atoms with Crippen molar-refractivity contribution in [3.8, 4) is 22.8 Å². The first-order chi connectivity index (χ1) is 13.0. The predicted molar refractivity (Wildman–Crippen MR) is 108 cm³/mol. The number of aryl methyl sites for hydroxylation is 1. The maximum atomic E-state index is 12.0. The van der Waals surface area contributed by atoms with Crippen molar-refractivity contribution in [3.05, 3.63) is 54.1 Å². The average molecular weight is 382 g/mol. The number of nitrogens with zero attached hydrogens (tertiary/aromatic N) is 4. The van der Waals surface area contributed by atoms with Gasteiger partial charge in [0.15, 0.2) is 11.0 Å². The van der Waals surface area contributed by atoms with Gasteiger partial charge in [0.05, 0.1) is 12.9 Å². The van der Waals surface area contributed by atoms with E-state index in [1.807, 2.05) is 54.0 Å². The highest BCUT2D eigenvalue weighted by Crippen LogP contribution is 2.29. The molecule has 0 aliphatic heterocycles. The fraction of sp³-hybridized carbons (Fsp3) is 0.250. The molecule has 0 saturated heterocycles.